The number of nitrogens with zero attached hydrogens (tertiary/aromatic N) is 2. The van der Waals surface area contributed by atoms with Gasteiger partial charge in [-0.05, 0) is 12.1 Å². The molecule has 0 bridgehead atoms. The topological polar surface area (TPSA) is 35.6 Å². The number of urea groups is 1. The van der Waals surface area contributed by atoms with Gasteiger partial charge in [0.2, 0.25) is 0 Å². The van der Waals surface area contributed by atoms with E-state index in [0.717, 1.165) is 35.4 Å². The molecule has 92 valence electrons. The maximum atomic E-state index is 12.1. The number of carbonyl (C=O) groups is 1. The van der Waals surface area contributed by atoms with Crippen LogP contribution in [-0.2, 0) is 6.54 Å². The number of thiophene rings is 1. The molecule has 2 aliphatic heterocycles. The quantitative estimate of drug-likeness (QED) is 0.887. The average molecular weight is 272 g/mol. The van der Waals surface area contributed by atoms with Crippen LogP contribution in [0.1, 0.15) is 4.88 Å². The lowest BCUT2D eigenvalue weighted by atomic mass is 10.2. The van der Waals surface area contributed by atoms with Crippen LogP contribution in [0.4, 0.5) is 4.79 Å². The summed E-state index contributed by atoms with van der Waals surface area (Å²) in [6, 6.07) is 4.39. The predicted molar refractivity (Wildman–Crippen MR) is 68.5 cm³/mol. The van der Waals surface area contributed by atoms with E-state index >= 15 is 0 Å². The molecule has 2 fully saturated rings. The van der Waals surface area contributed by atoms with Gasteiger partial charge < -0.3 is 15.1 Å². The third-order valence-corrected chi connectivity index (χ3v) is 4.49. The lowest BCUT2D eigenvalue weighted by Gasteiger charge is -2.28. The Balaban J connectivity index is 1.70. The van der Waals surface area contributed by atoms with E-state index < -0.39 is 0 Å². The number of nitrogens with one attached hydrogen (secondary N) is 1. The van der Waals surface area contributed by atoms with Crippen molar-refractivity contribution in [3.8, 4) is 0 Å². The molecule has 2 saturated heterocycles. The zero-order valence-electron chi connectivity index (χ0n) is 9.36. The van der Waals surface area contributed by atoms with Crippen molar-refractivity contribution in [2.75, 3.05) is 26.2 Å². The third-order valence-electron chi connectivity index (χ3n) is 3.27. The van der Waals surface area contributed by atoms with Gasteiger partial charge in [0.05, 0.1) is 16.9 Å². The second-order valence-corrected chi connectivity index (χ2v) is 6.22. The summed E-state index contributed by atoms with van der Waals surface area (Å²) in [7, 11) is 0. The van der Waals surface area contributed by atoms with Crippen molar-refractivity contribution in [1.29, 1.82) is 0 Å². The summed E-state index contributed by atoms with van der Waals surface area (Å²) in [6.07, 6.45) is 0. The molecule has 1 N–H and O–H groups in total. The molecule has 0 aromatic carbocycles. The van der Waals surface area contributed by atoms with Crippen LogP contribution >= 0.6 is 22.9 Å². The van der Waals surface area contributed by atoms with Crippen LogP contribution in [-0.4, -0.2) is 48.1 Å². The number of hydrogen-bond acceptors (Lipinski definition) is 3. The summed E-state index contributed by atoms with van der Waals surface area (Å²) >= 11 is 7.45. The summed E-state index contributed by atoms with van der Waals surface area (Å²) in [5.74, 6) is 0. The van der Waals surface area contributed by atoms with Gasteiger partial charge in [0.1, 0.15) is 0 Å². The van der Waals surface area contributed by atoms with Gasteiger partial charge in [0, 0.05) is 31.1 Å². The zero-order chi connectivity index (χ0) is 11.8. The summed E-state index contributed by atoms with van der Waals surface area (Å²) in [5.41, 5.74) is 0. The Morgan fingerprint density at radius 3 is 3.12 bits per heavy atom. The number of rotatable bonds is 2. The minimum atomic E-state index is 0.168. The van der Waals surface area contributed by atoms with Gasteiger partial charge in [-0.1, -0.05) is 11.6 Å². The Morgan fingerprint density at radius 2 is 2.41 bits per heavy atom. The van der Waals surface area contributed by atoms with E-state index in [-0.39, 0.29) is 6.03 Å². The van der Waals surface area contributed by atoms with Gasteiger partial charge in [0.25, 0.3) is 0 Å². The molecule has 1 unspecified atom stereocenters. The van der Waals surface area contributed by atoms with E-state index in [1.54, 1.807) is 11.3 Å². The summed E-state index contributed by atoms with van der Waals surface area (Å²) < 4.78 is 0.783. The number of halogens is 1. The largest absolute Gasteiger partial charge is 0.320 e. The second-order valence-electron chi connectivity index (χ2n) is 4.42. The Hall–Kier alpha value is -0.780. The molecule has 1 aromatic heterocycles. The fourth-order valence-corrected chi connectivity index (χ4v) is 3.55. The van der Waals surface area contributed by atoms with Gasteiger partial charge in [-0.2, -0.15) is 0 Å². The molecular weight excluding hydrogens is 258 g/mol. The summed E-state index contributed by atoms with van der Waals surface area (Å²) in [5, 5.41) is 3.33. The van der Waals surface area contributed by atoms with Crippen LogP contribution in [0.2, 0.25) is 4.34 Å². The highest BCUT2D eigenvalue weighted by atomic mass is 35.5. The molecule has 1 aromatic rings. The fraction of sp³-hybridized carbons (Fsp3) is 0.545. The molecule has 0 saturated carbocycles. The fourth-order valence-electron chi connectivity index (χ4n) is 2.45. The zero-order valence-corrected chi connectivity index (χ0v) is 10.9. The minimum absolute atomic E-state index is 0.168. The molecule has 3 rings (SSSR count). The molecule has 4 nitrogen and oxygen atoms in total. The molecule has 17 heavy (non-hydrogen) atoms. The van der Waals surface area contributed by atoms with Crippen LogP contribution in [0.5, 0.6) is 0 Å². The van der Waals surface area contributed by atoms with Crippen molar-refractivity contribution in [1.82, 2.24) is 15.1 Å². The number of piperazine rings is 1. The lowest BCUT2D eigenvalue weighted by Crippen LogP contribution is -2.49. The standard InChI is InChI=1S/C11H14ClN3OS/c12-10-2-1-9(17-10)7-14-6-8-5-13-3-4-15(8)11(14)16/h1-2,8,13H,3-7H2. The Bertz CT molecular complexity index is 436. The maximum absolute atomic E-state index is 12.1. The predicted octanol–water partition coefficient (Wildman–Crippen LogP) is 1.61. The van der Waals surface area contributed by atoms with Crippen LogP contribution in [0, 0.1) is 0 Å². The van der Waals surface area contributed by atoms with Crippen molar-refractivity contribution >= 4 is 29.0 Å². The first-order valence-corrected chi connectivity index (χ1v) is 6.94. The first kappa shape index (κ1) is 11.3. The van der Waals surface area contributed by atoms with Gasteiger partial charge >= 0.3 is 6.03 Å². The molecule has 1 atom stereocenters. The Kier molecular flexibility index (Phi) is 2.98. The van der Waals surface area contributed by atoms with Crippen LogP contribution in [0.25, 0.3) is 0 Å². The molecule has 0 spiro atoms. The molecule has 0 aliphatic carbocycles. The van der Waals surface area contributed by atoms with Crippen LogP contribution < -0.4 is 5.32 Å². The van der Waals surface area contributed by atoms with Crippen molar-refractivity contribution in [3.05, 3.63) is 21.3 Å². The van der Waals surface area contributed by atoms with E-state index in [1.165, 1.54) is 0 Å². The van der Waals surface area contributed by atoms with Gasteiger partial charge in [-0.15, -0.1) is 11.3 Å². The van der Waals surface area contributed by atoms with Crippen molar-refractivity contribution in [3.63, 3.8) is 0 Å². The van der Waals surface area contributed by atoms with E-state index in [1.807, 2.05) is 21.9 Å². The highest BCUT2D eigenvalue weighted by Gasteiger charge is 2.38. The molecule has 2 amide bonds. The SMILES string of the molecule is O=C1N(Cc2ccc(Cl)s2)CC2CNCCN12. The number of hydrogen-bond donors (Lipinski definition) is 1. The second kappa shape index (κ2) is 4.48. The number of amides is 2. The van der Waals surface area contributed by atoms with Crippen molar-refractivity contribution < 1.29 is 4.79 Å². The van der Waals surface area contributed by atoms with Gasteiger partial charge in [-0.25, -0.2) is 4.79 Å². The molecule has 2 aliphatic rings. The van der Waals surface area contributed by atoms with E-state index in [9.17, 15) is 4.79 Å². The maximum Gasteiger partial charge on any atom is 0.320 e. The van der Waals surface area contributed by atoms with Crippen molar-refractivity contribution in [2.24, 2.45) is 0 Å². The smallest absolute Gasteiger partial charge is 0.317 e. The number of carbonyl (C=O) groups excluding carboxylic acids is 1. The van der Waals surface area contributed by atoms with Crippen molar-refractivity contribution in [2.45, 2.75) is 12.6 Å². The highest BCUT2D eigenvalue weighted by Crippen LogP contribution is 2.25. The van der Waals surface area contributed by atoms with Gasteiger partial charge in [-0.3, -0.25) is 0 Å². The molecule has 0 radical (unpaired) electrons. The Labute approximate surface area is 109 Å². The van der Waals surface area contributed by atoms with Gasteiger partial charge in [0.15, 0.2) is 0 Å². The van der Waals surface area contributed by atoms with E-state index in [2.05, 4.69) is 5.32 Å². The first-order valence-electron chi connectivity index (χ1n) is 5.74. The summed E-state index contributed by atoms with van der Waals surface area (Å²) in [4.78, 5) is 17.2. The monoisotopic (exact) mass is 271 g/mol. The molecule has 6 heteroatoms. The number of fused-ring (bicyclic) bond motifs is 1. The first-order chi connectivity index (χ1) is 8.24. The lowest BCUT2D eigenvalue weighted by molar-refractivity contribution is 0.178. The van der Waals surface area contributed by atoms with E-state index in [4.69, 9.17) is 11.6 Å². The average Bonchev–Trinajstić information content (AvgIpc) is 2.86. The highest BCUT2D eigenvalue weighted by molar-refractivity contribution is 7.16. The normalized spacial score (nSPS) is 24.3. The third kappa shape index (κ3) is 2.14. The molecule has 3 heterocycles. The minimum Gasteiger partial charge on any atom is -0.317 e. The van der Waals surface area contributed by atoms with Crippen LogP contribution in [0.15, 0.2) is 12.1 Å². The van der Waals surface area contributed by atoms with Crippen LogP contribution in [0.3, 0.4) is 0 Å². The molecular formula is C11H14ClN3OS. The summed E-state index contributed by atoms with van der Waals surface area (Å²) in [6.45, 7) is 4.14. The van der Waals surface area contributed by atoms with E-state index in [0.29, 0.717) is 12.6 Å². The Morgan fingerprint density at radius 1 is 1.53 bits per heavy atom.